The second-order valence-electron chi connectivity index (χ2n) is 4.90. The minimum atomic E-state index is 0.320. The number of hydrogen-bond donors (Lipinski definition) is 0. The number of hydrogen-bond acceptors (Lipinski definition) is 2. The molecule has 1 aliphatic carbocycles. The fourth-order valence-corrected chi connectivity index (χ4v) is 2.65. The third-order valence-corrected chi connectivity index (χ3v) is 3.55. The van der Waals surface area contributed by atoms with E-state index in [2.05, 4.69) is 18.0 Å². The van der Waals surface area contributed by atoms with Gasteiger partial charge in [-0.25, -0.2) is 0 Å². The summed E-state index contributed by atoms with van der Waals surface area (Å²) in [6, 6.07) is 2.09. The van der Waals surface area contributed by atoms with Crippen LogP contribution in [-0.4, -0.2) is 10.8 Å². The normalized spacial score (nSPS) is 20.0. The summed E-state index contributed by atoms with van der Waals surface area (Å²) in [6.07, 6.45) is 7.02. The second-order valence-corrected chi connectivity index (χ2v) is 4.90. The highest BCUT2D eigenvalue weighted by atomic mass is 16.1. The van der Waals surface area contributed by atoms with Crippen molar-refractivity contribution >= 4 is 5.78 Å². The Labute approximate surface area is 97.1 Å². The van der Waals surface area contributed by atoms with Crippen molar-refractivity contribution in [2.75, 3.05) is 0 Å². The van der Waals surface area contributed by atoms with Crippen LogP contribution in [0.4, 0.5) is 0 Å². The van der Waals surface area contributed by atoms with Crippen LogP contribution in [0.1, 0.15) is 43.0 Å². The molecule has 0 saturated heterocycles. The number of fused-ring (bicyclic) bond motifs is 1. The molecule has 0 fully saturated rings. The van der Waals surface area contributed by atoms with Gasteiger partial charge in [0.05, 0.1) is 0 Å². The maximum Gasteiger partial charge on any atom is 0.130 e. The van der Waals surface area contributed by atoms with Gasteiger partial charge in [0.1, 0.15) is 5.78 Å². The SMILES string of the molecule is CC(=O)CC1CCc2nccc(C)c2CC1. The van der Waals surface area contributed by atoms with E-state index in [0.29, 0.717) is 11.7 Å². The monoisotopic (exact) mass is 217 g/mol. The van der Waals surface area contributed by atoms with Crippen molar-refractivity contribution in [2.45, 2.75) is 46.0 Å². The molecule has 0 bridgehead atoms. The molecule has 0 N–H and O–H groups in total. The number of aromatic nitrogens is 1. The van der Waals surface area contributed by atoms with Crippen molar-refractivity contribution < 1.29 is 4.79 Å². The Bertz CT molecular complexity index is 398. The molecule has 86 valence electrons. The van der Waals surface area contributed by atoms with E-state index in [0.717, 1.165) is 32.1 Å². The van der Waals surface area contributed by atoms with Crippen LogP contribution in [-0.2, 0) is 17.6 Å². The lowest BCUT2D eigenvalue weighted by molar-refractivity contribution is -0.117. The number of rotatable bonds is 2. The van der Waals surface area contributed by atoms with Gasteiger partial charge in [-0.1, -0.05) is 0 Å². The summed E-state index contributed by atoms with van der Waals surface area (Å²) in [5.74, 6) is 0.881. The Kier molecular flexibility index (Phi) is 3.37. The fraction of sp³-hybridized carbons (Fsp3) is 0.571. The molecular formula is C14H19NO. The number of carbonyl (C=O) groups excluding carboxylic acids is 1. The Hall–Kier alpha value is -1.18. The van der Waals surface area contributed by atoms with Gasteiger partial charge < -0.3 is 4.79 Å². The molecule has 0 aliphatic heterocycles. The molecule has 1 aromatic rings. The van der Waals surface area contributed by atoms with E-state index < -0.39 is 0 Å². The lowest BCUT2D eigenvalue weighted by Crippen LogP contribution is -2.06. The summed E-state index contributed by atoms with van der Waals surface area (Å²) >= 11 is 0. The summed E-state index contributed by atoms with van der Waals surface area (Å²) < 4.78 is 0. The molecule has 0 saturated carbocycles. The number of pyridine rings is 1. The van der Waals surface area contributed by atoms with Crippen molar-refractivity contribution in [1.82, 2.24) is 4.98 Å². The molecule has 1 heterocycles. The predicted octanol–water partition coefficient (Wildman–Crippen LogP) is 2.86. The van der Waals surface area contributed by atoms with Gasteiger partial charge in [0.25, 0.3) is 0 Å². The first kappa shape index (κ1) is 11.3. The molecule has 0 spiro atoms. The summed E-state index contributed by atoms with van der Waals surface area (Å²) in [5.41, 5.74) is 4.04. The Morgan fingerprint density at radius 1 is 1.44 bits per heavy atom. The quantitative estimate of drug-likeness (QED) is 0.713. The highest BCUT2D eigenvalue weighted by molar-refractivity contribution is 5.75. The summed E-state index contributed by atoms with van der Waals surface area (Å²) in [4.78, 5) is 15.6. The highest BCUT2D eigenvalue weighted by Gasteiger charge is 2.19. The van der Waals surface area contributed by atoms with Crippen LogP contribution in [0.5, 0.6) is 0 Å². The molecule has 1 atom stereocenters. The summed E-state index contributed by atoms with van der Waals surface area (Å²) in [5, 5.41) is 0. The Morgan fingerprint density at radius 2 is 2.19 bits per heavy atom. The van der Waals surface area contributed by atoms with Gasteiger partial charge in [0, 0.05) is 18.3 Å². The maximum absolute atomic E-state index is 11.1. The van der Waals surface area contributed by atoms with Crippen LogP contribution < -0.4 is 0 Å². The smallest absolute Gasteiger partial charge is 0.130 e. The first-order chi connectivity index (χ1) is 7.66. The first-order valence-electron chi connectivity index (χ1n) is 6.09. The van der Waals surface area contributed by atoms with Crippen LogP contribution in [0.3, 0.4) is 0 Å². The predicted molar refractivity (Wildman–Crippen MR) is 64.4 cm³/mol. The average Bonchev–Trinajstić information content (AvgIpc) is 2.42. The highest BCUT2D eigenvalue weighted by Crippen LogP contribution is 2.27. The van der Waals surface area contributed by atoms with Crippen molar-refractivity contribution in [3.63, 3.8) is 0 Å². The van der Waals surface area contributed by atoms with Gasteiger partial charge in [0.2, 0.25) is 0 Å². The molecule has 2 heteroatoms. The minimum absolute atomic E-state index is 0.320. The lowest BCUT2D eigenvalue weighted by atomic mass is 9.94. The van der Waals surface area contributed by atoms with Gasteiger partial charge in [0.15, 0.2) is 0 Å². The average molecular weight is 217 g/mol. The van der Waals surface area contributed by atoms with Gasteiger partial charge in [-0.15, -0.1) is 0 Å². The zero-order valence-corrected chi connectivity index (χ0v) is 10.1. The van der Waals surface area contributed by atoms with Crippen LogP contribution in [0.25, 0.3) is 0 Å². The molecular weight excluding hydrogens is 198 g/mol. The van der Waals surface area contributed by atoms with Gasteiger partial charge in [-0.2, -0.15) is 0 Å². The second kappa shape index (κ2) is 4.77. The number of nitrogens with zero attached hydrogens (tertiary/aromatic N) is 1. The van der Waals surface area contributed by atoms with E-state index in [1.165, 1.54) is 16.8 Å². The van der Waals surface area contributed by atoms with Crippen molar-refractivity contribution in [2.24, 2.45) is 5.92 Å². The van der Waals surface area contributed by atoms with Crippen molar-refractivity contribution in [3.8, 4) is 0 Å². The van der Waals surface area contributed by atoms with Gasteiger partial charge in [-0.3, -0.25) is 4.98 Å². The molecule has 1 aliphatic rings. The van der Waals surface area contributed by atoms with Crippen LogP contribution in [0.2, 0.25) is 0 Å². The molecule has 16 heavy (non-hydrogen) atoms. The van der Waals surface area contributed by atoms with E-state index in [4.69, 9.17) is 0 Å². The molecule has 2 nitrogen and oxygen atoms in total. The van der Waals surface area contributed by atoms with Gasteiger partial charge >= 0.3 is 0 Å². The Morgan fingerprint density at radius 3 is 2.94 bits per heavy atom. The van der Waals surface area contributed by atoms with E-state index in [9.17, 15) is 4.79 Å². The first-order valence-corrected chi connectivity index (χ1v) is 6.09. The molecule has 2 rings (SSSR count). The van der Waals surface area contributed by atoms with Crippen LogP contribution in [0, 0.1) is 12.8 Å². The van der Waals surface area contributed by atoms with Crippen molar-refractivity contribution in [3.05, 3.63) is 29.1 Å². The van der Waals surface area contributed by atoms with E-state index >= 15 is 0 Å². The number of Topliss-reactive ketones (excluding diaryl/α,β-unsaturated/α-hetero) is 1. The third-order valence-electron chi connectivity index (χ3n) is 3.55. The maximum atomic E-state index is 11.1. The number of carbonyl (C=O) groups is 1. The third kappa shape index (κ3) is 2.49. The fourth-order valence-electron chi connectivity index (χ4n) is 2.65. The van der Waals surface area contributed by atoms with Crippen LogP contribution in [0.15, 0.2) is 12.3 Å². The standard InChI is InChI=1S/C14H19NO/c1-10-7-8-15-14-6-4-12(9-11(2)16)3-5-13(10)14/h7-8,12H,3-6,9H2,1-2H3. The lowest BCUT2D eigenvalue weighted by Gasteiger charge is -2.10. The van der Waals surface area contributed by atoms with Crippen molar-refractivity contribution in [1.29, 1.82) is 0 Å². The minimum Gasteiger partial charge on any atom is -0.300 e. The largest absolute Gasteiger partial charge is 0.300 e. The zero-order valence-electron chi connectivity index (χ0n) is 10.1. The number of aryl methyl sites for hydroxylation is 2. The van der Waals surface area contributed by atoms with Gasteiger partial charge in [-0.05, 0) is 62.6 Å². The topological polar surface area (TPSA) is 30.0 Å². The number of ketones is 1. The van der Waals surface area contributed by atoms with Crippen LogP contribution >= 0.6 is 0 Å². The summed E-state index contributed by atoms with van der Waals surface area (Å²) in [7, 11) is 0. The molecule has 1 unspecified atom stereocenters. The molecule has 1 aromatic heterocycles. The van der Waals surface area contributed by atoms with E-state index in [-0.39, 0.29) is 0 Å². The molecule has 0 aromatic carbocycles. The zero-order chi connectivity index (χ0) is 11.5. The molecule has 0 radical (unpaired) electrons. The van der Waals surface area contributed by atoms with E-state index in [1.54, 1.807) is 6.92 Å². The Balaban J connectivity index is 2.13. The molecule has 0 amide bonds. The summed E-state index contributed by atoms with van der Waals surface area (Å²) in [6.45, 7) is 3.85. The van der Waals surface area contributed by atoms with E-state index in [1.807, 2.05) is 6.20 Å².